The average molecular weight is 268 g/mol. The normalized spacial score (nSPS) is 30.6. The van der Waals surface area contributed by atoms with Gasteiger partial charge in [0.25, 0.3) is 0 Å². The molecule has 0 aromatic carbocycles. The number of unbranched alkanes of at least 4 members (excludes halogenated alkanes) is 2. The first kappa shape index (κ1) is 15.3. The molecule has 2 aliphatic rings. The molecule has 1 heterocycles. The summed E-state index contributed by atoms with van der Waals surface area (Å²) in [4.78, 5) is 5.36. The van der Waals surface area contributed by atoms with Gasteiger partial charge in [0.1, 0.15) is 0 Å². The topological polar surface area (TPSA) is 26.7 Å². The van der Waals surface area contributed by atoms with Gasteiger partial charge in [0, 0.05) is 38.8 Å². The Balaban J connectivity index is 1.59. The molecular formula is C16H32N2O. The molecule has 1 saturated carbocycles. The van der Waals surface area contributed by atoms with Gasteiger partial charge in [-0.1, -0.05) is 6.92 Å². The quantitative estimate of drug-likeness (QED) is 0.749. The number of hydrogen-bond acceptors (Lipinski definition) is 3. The molecule has 1 aliphatic heterocycles. The molecule has 0 amide bonds. The highest BCUT2D eigenvalue weighted by Crippen LogP contribution is 2.27. The third-order valence-corrected chi connectivity index (χ3v) is 5.04. The van der Waals surface area contributed by atoms with Crippen molar-refractivity contribution < 1.29 is 5.11 Å². The molecular weight excluding hydrogens is 236 g/mol. The molecule has 0 atom stereocenters. The Labute approximate surface area is 119 Å². The van der Waals surface area contributed by atoms with Crippen molar-refractivity contribution >= 4 is 0 Å². The summed E-state index contributed by atoms with van der Waals surface area (Å²) in [7, 11) is 0. The molecule has 0 radical (unpaired) electrons. The summed E-state index contributed by atoms with van der Waals surface area (Å²) in [6, 6.07) is 0.882. The summed E-state index contributed by atoms with van der Waals surface area (Å²) in [5.41, 5.74) is 0. The molecule has 0 unspecified atom stereocenters. The van der Waals surface area contributed by atoms with E-state index in [1.807, 2.05) is 0 Å². The van der Waals surface area contributed by atoms with Crippen LogP contribution in [0.15, 0.2) is 0 Å². The standard InChI is InChI=1S/C16H32N2O/c1-15-5-7-16(8-6-15)18-12-10-17(11-13-18)9-3-2-4-14-19/h15-16,19H,2-14H2,1H3. The van der Waals surface area contributed by atoms with Gasteiger partial charge in [-0.3, -0.25) is 4.90 Å². The largest absolute Gasteiger partial charge is 0.396 e. The minimum absolute atomic E-state index is 0.355. The highest BCUT2D eigenvalue weighted by molar-refractivity contribution is 4.82. The molecule has 112 valence electrons. The Bertz CT molecular complexity index is 231. The predicted molar refractivity (Wildman–Crippen MR) is 80.4 cm³/mol. The van der Waals surface area contributed by atoms with Gasteiger partial charge >= 0.3 is 0 Å². The SMILES string of the molecule is CC1CCC(N2CCN(CCCCCO)CC2)CC1. The number of aliphatic hydroxyl groups is 1. The van der Waals surface area contributed by atoms with Gasteiger partial charge in [0.05, 0.1) is 0 Å². The van der Waals surface area contributed by atoms with Crippen molar-refractivity contribution in [3.05, 3.63) is 0 Å². The number of nitrogens with zero attached hydrogens (tertiary/aromatic N) is 2. The fraction of sp³-hybridized carbons (Fsp3) is 1.00. The van der Waals surface area contributed by atoms with Crippen molar-refractivity contribution in [3.63, 3.8) is 0 Å². The summed E-state index contributed by atoms with van der Waals surface area (Å²) in [6.45, 7) is 9.05. The third kappa shape index (κ3) is 5.05. The van der Waals surface area contributed by atoms with E-state index in [1.54, 1.807) is 0 Å². The summed E-state index contributed by atoms with van der Waals surface area (Å²) in [5.74, 6) is 0.962. The molecule has 1 aliphatic carbocycles. The molecule has 1 N–H and O–H groups in total. The molecule has 19 heavy (non-hydrogen) atoms. The molecule has 0 aromatic heterocycles. The fourth-order valence-corrected chi connectivity index (χ4v) is 3.58. The minimum atomic E-state index is 0.355. The first-order valence-corrected chi connectivity index (χ1v) is 8.37. The van der Waals surface area contributed by atoms with Gasteiger partial charge in [-0.25, -0.2) is 0 Å². The second-order valence-corrected chi connectivity index (χ2v) is 6.58. The zero-order valence-corrected chi connectivity index (χ0v) is 12.7. The van der Waals surface area contributed by atoms with Crippen LogP contribution in [0.4, 0.5) is 0 Å². The van der Waals surface area contributed by atoms with Gasteiger partial charge in [-0.2, -0.15) is 0 Å². The van der Waals surface area contributed by atoms with Crippen molar-refractivity contribution in [2.45, 2.75) is 57.9 Å². The monoisotopic (exact) mass is 268 g/mol. The van der Waals surface area contributed by atoms with Crippen molar-refractivity contribution in [2.75, 3.05) is 39.3 Å². The van der Waals surface area contributed by atoms with Crippen LogP contribution in [0.25, 0.3) is 0 Å². The molecule has 2 fully saturated rings. The van der Waals surface area contributed by atoms with E-state index in [2.05, 4.69) is 16.7 Å². The van der Waals surface area contributed by atoms with E-state index >= 15 is 0 Å². The predicted octanol–water partition coefficient (Wildman–Crippen LogP) is 2.35. The highest BCUT2D eigenvalue weighted by Gasteiger charge is 2.26. The maximum Gasteiger partial charge on any atom is 0.0431 e. The van der Waals surface area contributed by atoms with E-state index in [-0.39, 0.29) is 0 Å². The van der Waals surface area contributed by atoms with E-state index in [1.165, 1.54) is 71.2 Å². The number of hydrogen-bond donors (Lipinski definition) is 1. The van der Waals surface area contributed by atoms with Crippen LogP contribution in [0.1, 0.15) is 51.9 Å². The van der Waals surface area contributed by atoms with Crippen LogP contribution >= 0.6 is 0 Å². The molecule has 1 saturated heterocycles. The maximum absolute atomic E-state index is 8.78. The summed E-state index contributed by atoms with van der Waals surface area (Å²) < 4.78 is 0. The van der Waals surface area contributed by atoms with Gasteiger partial charge < -0.3 is 10.0 Å². The zero-order valence-electron chi connectivity index (χ0n) is 12.7. The zero-order chi connectivity index (χ0) is 13.5. The molecule has 3 heteroatoms. The van der Waals surface area contributed by atoms with Crippen LogP contribution in [0.3, 0.4) is 0 Å². The van der Waals surface area contributed by atoms with Crippen LogP contribution in [0.5, 0.6) is 0 Å². The summed E-state index contributed by atoms with van der Waals surface area (Å²) in [5, 5.41) is 8.78. The maximum atomic E-state index is 8.78. The van der Waals surface area contributed by atoms with Gasteiger partial charge in [-0.15, -0.1) is 0 Å². The van der Waals surface area contributed by atoms with E-state index in [0.29, 0.717) is 6.61 Å². The van der Waals surface area contributed by atoms with Crippen molar-refractivity contribution in [2.24, 2.45) is 5.92 Å². The highest BCUT2D eigenvalue weighted by atomic mass is 16.2. The van der Waals surface area contributed by atoms with Crippen molar-refractivity contribution in [1.29, 1.82) is 0 Å². The van der Waals surface area contributed by atoms with Crippen LogP contribution in [0, 0.1) is 5.92 Å². The summed E-state index contributed by atoms with van der Waals surface area (Å²) in [6.07, 6.45) is 9.13. The van der Waals surface area contributed by atoms with E-state index < -0.39 is 0 Å². The first-order chi connectivity index (χ1) is 9.29. The van der Waals surface area contributed by atoms with Crippen molar-refractivity contribution in [1.82, 2.24) is 9.80 Å². The second kappa shape index (κ2) is 8.23. The Hall–Kier alpha value is -0.120. The smallest absolute Gasteiger partial charge is 0.0431 e. The average Bonchev–Trinajstić information content (AvgIpc) is 2.45. The molecule has 3 nitrogen and oxygen atoms in total. The Morgan fingerprint density at radius 2 is 1.58 bits per heavy atom. The van der Waals surface area contributed by atoms with Gasteiger partial charge in [-0.05, 0) is 57.4 Å². The lowest BCUT2D eigenvalue weighted by molar-refractivity contribution is 0.0712. The summed E-state index contributed by atoms with van der Waals surface area (Å²) >= 11 is 0. The number of piperazine rings is 1. The van der Waals surface area contributed by atoms with E-state index in [0.717, 1.165) is 18.4 Å². The molecule has 0 spiro atoms. The lowest BCUT2D eigenvalue weighted by atomic mass is 9.86. The second-order valence-electron chi connectivity index (χ2n) is 6.58. The van der Waals surface area contributed by atoms with E-state index in [4.69, 9.17) is 5.11 Å². The van der Waals surface area contributed by atoms with Crippen LogP contribution < -0.4 is 0 Å². The fourth-order valence-electron chi connectivity index (χ4n) is 3.58. The van der Waals surface area contributed by atoms with Crippen molar-refractivity contribution in [3.8, 4) is 0 Å². The molecule has 0 aromatic rings. The Kier molecular flexibility index (Phi) is 6.62. The third-order valence-electron chi connectivity index (χ3n) is 5.04. The lowest BCUT2D eigenvalue weighted by Crippen LogP contribution is -2.51. The molecule has 2 rings (SSSR count). The number of aliphatic hydroxyl groups excluding tert-OH is 1. The van der Waals surface area contributed by atoms with Crippen LogP contribution in [-0.4, -0.2) is 60.3 Å². The van der Waals surface area contributed by atoms with Crippen LogP contribution in [0.2, 0.25) is 0 Å². The van der Waals surface area contributed by atoms with Gasteiger partial charge in [0.15, 0.2) is 0 Å². The van der Waals surface area contributed by atoms with Crippen LogP contribution in [-0.2, 0) is 0 Å². The first-order valence-electron chi connectivity index (χ1n) is 8.37. The minimum Gasteiger partial charge on any atom is -0.396 e. The Morgan fingerprint density at radius 3 is 2.21 bits per heavy atom. The number of rotatable bonds is 6. The Morgan fingerprint density at radius 1 is 0.895 bits per heavy atom. The lowest BCUT2D eigenvalue weighted by Gasteiger charge is -2.41. The van der Waals surface area contributed by atoms with Gasteiger partial charge in [0.2, 0.25) is 0 Å². The van der Waals surface area contributed by atoms with E-state index in [9.17, 15) is 0 Å². The molecule has 0 bridgehead atoms.